The van der Waals surface area contributed by atoms with Crippen molar-refractivity contribution in [2.45, 2.75) is 44.2 Å². The van der Waals surface area contributed by atoms with Crippen molar-refractivity contribution in [3.8, 4) is 0 Å². The highest BCUT2D eigenvalue weighted by Gasteiger charge is 2.58. The van der Waals surface area contributed by atoms with Crippen LogP contribution in [0.2, 0.25) is 0 Å². The number of rotatable bonds is 8. The summed E-state index contributed by atoms with van der Waals surface area (Å²) in [4.78, 5) is 0. The van der Waals surface area contributed by atoms with E-state index in [4.69, 9.17) is 4.55 Å². The minimum absolute atomic E-state index is 0.0763. The smallest absolute Gasteiger partial charge is 0.392 e. The molecule has 0 aromatic rings. The normalized spacial score (nSPS) is 32.2. The second kappa shape index (κ2) is 7.88. The van der Waals surface area contributed by atoms with Crippen LogP contribution in [0.15, 0.2) is 0 Å². The Morgan fingerprint density at radius 3 is 1.91 bits per heavy atom. The van der Waals surface area contributed by atoms with Crippen LogP contribution < -0.4 is 0 Å². The maximum Gasteiger partial charge on any atom is 0.397 e. The van der Waals surface area contributed by atoms with Gasteiger partial charge in [0, 0.05) is 0 Å². The van der Waals surface area contributed by atoms with E-state index in [0.29, 0.717) is 5.92 Å². The lowest BCUT2D eigenvalue weighted by Crippen LogP contribution is -2.35. The minimum Gasteiger partial charge on any atom is -0.392 e. The van der Waals surface area contributed by atoms with Gasteiger partial charge in [-0.25, -0.2) is 4.18 Å². The van der Waals surface area contributed by atoms with Crippen molar-refractivity contribution in [3.05, 3.63) is 5.92 Å². The molecule has 22 heavy (non-hydrogen) atoms. The third-order valence-corrected chi connectivity index (χ3v) is 4.53. The standard InChI is InChI=1S/C12H22O9S/c1-2-10(21-22(18,19)20)9(15)3-6-7(4-13)11(16)12(17)8(6)5-14/h7-17H,2-5H2,1H3/p+1/t7-,8-,9+,10-,11-,12-/m1/s1. The summed E-state index contributed by atoms with van der Waals surface area (Å²) in [7, 11) is -4.74. The molecular weight excluding hydrogens is 320 g/mol. The molecule has 0 saturated heterocycles. The quantitative estimate of drug-likeness (QED) is 0.213. The van der Waals surface area contributed by atoms with Gasteiger partial charge in [-0.3, -0.25) is 4.55 Å². The van der Waals surface area contributed by atoms with Crippen molar-refractivity contribution >= 4 is 10.4 Å². The maximum atomic E-state index is 10.7. The molecule has 1 rings (SSSR count). The van der Waals surface area contributed by atoms with Crippen LogP contribution in [0.5, 0.6) is 0 Å². The first-order valence-corrected chi connectivity index (χ1v) is 8.29. The van der Waals surface area contributed by atoms with E-state index in [2.05, 4.69) is 4.18 Å². The molecule has 0 radical (unpaired) electrons. The molecule has 1 fully saturated rings. The zero-order chi connectivity index (χ0) is 17.1. The first kappa shape index (κ1) is 19.6. The Kier molecular flexibility index (Phi) is 7.02. The maximum absolute atomic E-state index is 10.7. The van der Waals surface area contributed by atoms with Crippen molar-refractivity contribution in [2.24, 2.45) is 11.8 Å². The number of hydrogen-bond acceptors (Lipinski definition) is 8. The third kappa shape index (κ3) is 4.52. The van der Waals surface area contributed by atoms with Gasteiger partial charge < -0.3 is 25.5 Å². The van der Waals surface area contributed by atoms with Crippen LogP contribution in [0.25, 0.3) is 0 Å². The van der Waals surface area contributed by atoms with Gasteiger partial charge in [0.05, 0.1) is 13.2 Å². The number of aliphatic hydroxyl groups is 5. The van der Waals surface area contributed by atoms with Crippen LogP contribution in [-0.4, -0.2) is 76.1 Å². The Bertz CT molecular complexity index is 424. The van der Waals surface area contributed by atoms with Crippen molar-refractivity contribution < 1.29 is 42.7 Å². The van der Waals surface area contributed by atoms with Crippen molar-refractivity contribution in [3.63, 3.8) is 0 Å². The molecule has 0 heterocycles. The van der Waals surface area contributed by atoms with Gasteiger partial charge in [0.15, 0.2) is 11.8 Å². The lowest BCUT2D eigenvalue weighted by Gasteiger charge is -2.21. The average Bonchev–Trinajstić information content (AvgIpc) is 2.66. The van der Waals surface area contributed by atoms with E-state index in [0.717, 1.165) is 0 Å². The second-order valence-corrected chi connectivity index (χ2v) is 6.42. The molecule has 0 aromatic heterocycles. The minimum atomic E-state index is -4.74. The lowest BCUT2D eigenvalue weighted by atomic mass is 9.83. The Morgan fingerprint density at radius 2 is 1.59 bits per heavy atom. The average molecular weight is 343 g/mol. The molecule has 6 N–H and O–H groups in total. The zero-order valence-corrected chi connectivity index (χ0v) is 12.9. The van der Waals surface area contributed by atoms with Gasteiger partial charge >= 0.3 is 10.4 Å². The van der Waals surface area contributed by atoms with Crippen molar-refractivity contribution in [1.82, 2.24) is 0 Å². The SMILES string of the molecule is CC[C@@H](OS(=O)(=O)O)[C@@H](O)C[C+]1[C@@H](CO)[C@@H](O)[C@H](O)[C@@H]1CO. The van der Waals surface area contributed by atoms with Gasteiger partial charge in [0.25, 0.3) is 0 Å². The predicted molar refractivity (Wildman–Crippen MR) is 73.7 cm³/mol. The molecule has 6 atom stereocenters. The van der Waals surface area contributed by atoms with E-state index in [9.17, 15) is 34.0 Å². The first-order valence-electron chi connectivity index (χ1n) is 6.93. The molecule has 0 amide bonds. The Morgan fingerprint density at radius 1 is 1.14 bits per heavy atom. The Hall–Kier alpha value is -0.460. The Labute approximate surface area is 129 Å². The summed E-state index contributed by atoms with van der Waals surface area (Å²) in [5.74, 6) is -1.36. The lowest BCUT2D eigenvalue weighted by molar-refractivity contribution is -0.0135. The molecule has 0 spiro atoms. The summed E-state index contributed by atoms with van der Waals surface area (Å²) in [5.41, 5.74) is 0. The van der Waals surface area contributed by atoms with Gasteiger partial charge in [-0.2, -0.15) is 8.42 Å². The molecule has 1 saturated carbocycles. The molecule has 130 valence electrons. The number of hydrogen-bond donors (Lipinski definition) is 6. The summed E-state index contributed by atoms with van der Waals surface area (Å²) in [6.07, 6.45) is -5.27. The van der Waals surface area contributed by atoms with Crippen LogP contribution in [-0.2, 0) is 14.6 Å². The highest BCUT2D eigenvalue weighted by Crippen LogP contribution is 2.42. The van der Waals surface area contributed by atoms with Crippen LogP contribution in [0.3, 0.4) is 0 Å². The van der Waals surface area contributed by atoms with Crippen molar-refractivity contribution in [2.75, 3.05) is 13.2 Å². The summed E-state index contributed by atoms with van der Waals surface area (Å²) in [5, 5.41) is 48.4. The van der Waals surface area contributed by atoms with Gasteiger partial charge in [-0.15, -0.1) is 0 Å². The summed E-state index contributed by atoms with van der Waals surface area (Å²) >= 11 is 0. The fourth-order valence-electron chi connectivity index (χ4n) is 2.88. The Balaban J connectivity index is 2.84. The van der Waals surface area contributed by atoms with Gasteiger partial charge in [-0.05, 0) is 6.42 Å². The van der Waals surface area contributed by atoms with Crippen LogP contribution in [0.1, 0.15) is 19.8 Å². The van der Waals surface area contributed by atoms with E-state index in [1.54, 1.807) is 0 Å². The topological polar surface area (TPSA) is 165 Å². The monoisotopic (exact) mass is 343 g/mol. The summed E-state index contributed by atoms with van der Waals surface area (Å²) < 4.78 is 34.5. The van der Waals surface area contributed by atoms with Gasteiger partial charge in [0.2, 0.25) is 0 Å². The van der Waals surface area contributed by atoms with Gasteiger partial charge in [-0.1, -0.05) is 6.92 Å². The molecule has 1 aliphatic carbocycles. The third-order valence-electron chi connectivity index (χ3n) is 4.04. The molecular formula is C12H23O9S+. The van der Waals surface area contributed by atoms with Crippen molar-refractivity contribution in [1.29, 1.82) is 0 Å². The zero-order valence-electron chi connectivity index (χ0n) is 12.1. The van der Waals surface area contributed by atoms with Gasteiger partial charge in [0.1, 0.15) is 36.8 Å². The molecule has 0 unspecified atom stereocenters. The molecule has 0 aromatic carbocycles. The van der Waals surface area contributed by atoms with Crippen LogP contribution >= 0.6 is 0 Å². The summed E-state index contributed by atoms with van der Waals surface area (Å²) in [6, 6.07) is 0. The van der Waals surface area contributed by atoms with E-state index in [-0.39, 0.29) is 12.8 Å². The fraction of sp³-hybridized carbons (Fsp3) is 0.917. The largest absolute Gasteiger partial charge is 0.397 e. The second-order valence-electron chi connectivity index (χ2n) is 5.38. The van der Waals surface area contributed by atoms with E-state index < -0.39 is 59.9 Å². The molecule has 0 bridgehead atoms. The highest BCUT2D eigenvalue weighted by molar-refractivity contribution is 7.80. The predicted octanol–water partition coefficient (Wildman–Crippen LogP) is -2.14. The molecule has 0 aliphatic heterocycles. The van der Waals surface area contributed by atoms with E-state index in [1.165, 1.54) is 6.92 Å². The first-order chi connectivity index (χ1) is 10.2. The molecule has 10 heteroatoms. The summed E-state index contributed by atoms with van der Waals surface area (Å²) in [6.45, 7) is 0.550. The van der Waals surface area contributed by atoms with Crippen LogP contribution in [0, 0.1) is 17.8 Å². The molecule has 1 aliphatic rings. The fourth-order valence-corrected chi connectivity index (χ4v) is 3.45. The molecule has 9 nitrogen and oxygen atoms in total. The van der Waals surface area contributed by atoms with E-state index in [1.807, 2.05) is 0 Å². The van der Waals surface area contributed by atoms with E-state index >= 15 is 0 Å². The van der Waals surface area contributed by atoms with Crippen LogP contribution in [0.4, 0.5) is 0 Å². The highest BCUT2D eigenvalue weighted by atomic mass is 32.3. The number of aliphatic hydroxyl groups excluding tert-OH is 5.